The minimum Gasteiger partial charge on any atom is -0.352 e. The van der Waals surface area contributed by atoms with Crippen LogP contribution in [-0.4, -0.2) is 56.0 Å². The van der Waals surface area contributed by atoms with Crippen LogP contribution in [0.1, 0.15) is 37.9 Å². The van der Waals surface area contributed by atoms with Gasteiger partial charge in [-0.3, -0.25) is 9.78 Å². The van der Waals surface area contributed by atoms with Gasteiger partial charge in [0.05, 0.1) is 27.5 Å². The number of benzene rings is 1. The molecule has 1 aliphatic heterocycles. The minimum absolute atomic E-state index is 0.00573. The van der Waals surface area contributed by atoms with Gasteiger partial charge in [0.25, 0.3) is 0 Å². The fraction of sp³-hybridized carbons (Fsp3) is 0.300. The third-order valence-electron chi connectivity index (χ3n) is 7.24. The second kappa shape index (κ2) is 10.8. The summed E-state index contributed by atoms with van der Waals surface area (Å²) in [6.45, 7) is 12.8. The Hall–Kier alpha value is -4.11. The molecule has 0 bridgehead atoms. The first-order valence-corrected chi connectivity index (χ1v) is 13.5. The molecular weight excluding hydrogens is 531 g/mol. The molecule has 3 aromatic heterocycles. The van der Waals surface area contributed by atoms with Crippen molar-refractivity contribution in [1.29, 1.82) is 0 Å². The van der Waals surface area contributed by atoms with E-state index in [0.717, 1.165) is 5.56 Å². The lowest BCUT2D eigenvalue weighted by Gasteiger charge is -2.40. The van der Waals surface area contributed by atoms with E-state index in [0.29, 0.717) is 47.9 Å². The number of fused-ring (bicyclic) bond motifs is 1. The van der Waals surface area contributed by atoms with Gasteiger partial charge >= 0.3 is 5.69 Å². The Morgan fingerprint density at radius 2 is 1.95 bits per heavy atom. The van der Waals surface area contributed by atoms with Crippen molar-refractivity contribution in [1.82, 2.24) is 24.4 Å². The standard InChI is InChI=1S/C30H30ClFN6O2/c1-6-24(39)37-14-13-36(16-19(37)5)28-21-15-22(31)26(20-9-7-8-10-23(20)32)34-29(21)38(30(40)35-28)27-18(4)11-12-33-25(27)17(2)3/h6-12,15,17,19H,1,13-14,16H2,2-5H3/t19-/m1/s1. The molecule has 1 aromatic carbocycles. The number of aryl methyl sites for hydroxylation is 1. The largest absolute Gasteiger partial charge is 0.355 e. The highest BCUT2D eigenvalue weighted by Gasteiger charge is 2.30. The molecule has 0 saturated carbocycles. The van der Waals surface area contributed by atoms with Crippen LogP contribution in [0.25, 0.3) is 28.0 Å². The number of amides is 1. The lowest BCUT2D eigenvalue weighted by atomic mass is 10.0. The first kappa shape index (κ1) is 27.5. The summed E-state index contributed by atoms with van der Waals surface area (Å²) >= 11 is 6.74. The van der Waals surface area contributed by atoms with Gasteiger partial charge in [0.1, 0.15) is 11.6 Å². The Balaban J connectivity index is 1.80. The number of pyridine rings is 2. The summed E-state index contributed by atoms with van der Waals surface area (Å²) < 4.78 is 16.4. The monoisotopic (exact) mass is 560 g/mol. The van der Waals surface area contributed by atoms with E-state index in [2.05, 4.69) is 16.5 Å². The smallest absolute Gasteiger partial charge is 0.352 e. The average molecular weight is 561 g/mol. The lowest BCUT2D eigenvalue weighted by molar-refractivity contribution is -0.128. The summed E-state index contributed by atoms with van der Waals surface area (Å²) in [5.74, 6) is -0.202. The molecule has 0 N–H and O–H groups in total. The second-order valence-corrected chi connectivity index (χ2v) is 10.7. The molecule has 0 aliphatic carbocycles. The Morgan fingerprint density at radius 1 is 1.20 bits per heavy atom. The van der Waals surface area contributed by atoms with Gasteiger partial charge in [-0.25, -0.2) is 18.7 Å². The predicted octanol–water partition coefficient (Wildman–Crippen LogP) is 5.29. The average Bonchev–Trinajstić information content (AvgIpc) is 2.93. The number of halogens is 2. The minimum atomic E-state index is -0.535. The maximum atomic E-state index is 14.9. The second-order valence-electron chi connectivity index (χ2n) is 10.3. The molecule has 1 amide bonds. The Kier molecular flexibility index (Phi) is 7.42. The first-order valence-electron chi connectivity index (χ1n) is 13.1. The summed E-state index contributed by atoms with van der Waals surface area (Å²) in [6.07, 6.45) is 3.02. The van der Waals surface area contributed by atoms with Crippen LogP contribution in [0, 0.1) is 12.7 Å². The van der Waals surface area contributed by atoms with E-state index in [1.165, 1.54) is 16.7 Å². The third-order valence-corrected chi connectivity index (χ3v) is 7.53. The maximum absolute atomic E-state index is 14.9. The van der Waals surface area contributed by atoms with E-state index >= 15 is 0 Å². The van der Waals surface area contributed by atoms with Crippen LogP contribution in [-0.2, 0) is 4.79 Å². The van der Waals surface area contributed by atoms with Gasteiger partial charge < -0.3 is 9.80 Å². The van der Waals surface area contributed by atoms with Crippen molar-refractivity contribution in [2.45, 2.75) is 39.7 Å². The number of carbonyl (C=O) groups excluding carboxylic acids is 1. The molecule has 1 saturated heterocycles. The van der Waals surface area contributed by atoms with Crippen molar-refractivity contribution in [3.8, 4) is 16.9 Å². The first-order chi connectivity index (χ1) is 19.1. The maximum Gasteiger partial charge on any atom is 0.355 e. The Labute approximate surface area is 236 Å². The summed E-state index contributed by atoms with van der Waals surface area (Å²) in [7, 11) is 0. The van der Waals surface area contributed by atoms with Crippen LogP contribution in [0.15, 0.2) is 60.0 Å². The van der Waals surface area contributed by atoms with Crippen LogP contribution in [0.5, 0.6) is 0 Å². The molecule has 4 heterocycles. The molecule has 40 heavy (non-hydrogen) atoms. The van der Waals surface area contributed by atoms with Crippen LogP contribution in [0.3, 0.4) is 0 Å². The van der Waals surface area contributed by atoms with Crippen LogP contribution < -0.4 is 10.6 Å². The molecule has 0 unspecified atom stereocenters. The van der Waals surface area contributed by atoms with Gasteiger partial charge in [-0.05, 0) is 55.7 Å². The van der Waals surface area contributed by atoms with Gasteiger partial charge in [0.2, 0.25) is 5.91 Å². The number of hydrogen-bond acceptors (Lipinski definition) is 6. The fourth-order valence-electron chi connectivity index (χ4n) is 5.27. The van der Waals surface area contributed by atoms with E-state index in [-0.39, 0.29) is 34.1 Å². The third kappa shape index (κ3) is 4.75. The molecule has 0 radical (unpaired) electrons. The van der Waals surface area contributed by atoms with E-state index in [1.54, 1.807) is 35.4 Å². The van der Waals surface area contributed by atoms with Crippen molar-refractivity contribution in [2.24, 2.45) is 0 Å². The number of piperazine rings is 1. The summed E-state index contributed by atoms with van der Waals surface area (Å²) in [5, 5.41) is 0.768. The fourth-order valence-corrected chi connectivity index (χ4v) is 5.52. The molecule has 206 valence electrons. The molecule has 5 rings (SSSR count). The highest BCUT2D eigenvalue weighted by atomic mass is 35.5. The molecule has 8 nitrogen and oxygen atoms in total. The van der Waals surface area contributed by atoms with Crippen molar-refractivity contribution in [3.63, 3.8) is 0 Å². The number of hydrogen-bond donors (Lipinski definition) is 0. The highest BCUT2D eigenvalue weighted by molar-refractivity contribution is 6.33. The molecule has 4 aromatic rings. The summed E-state index contributed by atoms with van der Waals surface area (Å²) in [5.41, 5.74) is 2.35. The van der Waals surface area contributed by atoms with Gasteiger partial charge in [0.15, 0.2) is 5.65 Å². The lowest BCUT2D eigenvalue weighted by Crippen LogP contribution is -2.54. The molecule has 1 atom stereocenters. The quantitative estimate of drug-likeness (QED) is 0.308. The van der Waals surface area contributed by atoms with E-state index in [4.69, 9.17) is 16.6 Å². The SMILES string of the molecule is C=CC(=O)N1CCN(c2nc(=O)n(-c3c(C)ccnc3C(C)C)c3nc(-c4ccccc4F)c(Cl)cc23)C[C@H]1C. The van der Waals surface area contributed by atoms with Crippen molar-refractivity contribution in [3.05, 3.63) is 87.8 Å². The summed E-state index contributed by atoms with van der Waals surface area (Å²) in [4.78, 5) is 43.9. The number of aromatic nitrogens is 4. The number of anilines is 1. The van der Waals surface area contributed by atoms with E-state index < -0.39 is 11.5 Å². The van der Waals surface area contributed by atoms with Crippen LogP contribution in [0.2, 0.25) is 5.02 Å². The van der Waals surface area contributed by atoms with Gasteiger partial charge in [0, 0.05) is 37.4 Å². The molecule has 10 heteroatoms. The normalized spacial score (nSPS) is 15.6. The molecular formula is C30H30ClFN6O2. The summed E-state index contributed by atoms with van der Waals surface area (Å²) in [6, 6.07) is 9.63. The van der Waals surface area contributed by atoms with Gasteiger partial charge in [-0.15, -0.1) is 0 Å². The molecule has 1 fully saturated rings. The number of rotatable bonds is 5. The van der Waals surface area contributed by atoms with Gasteiger partial charge in [-0.2, -0.15) is 4.98 Å². The van der Waals surface area contributed by atoms with E-state index in [1.807, 2.05) is 38.7 Å². The zero-order valence-electron chi connectivity index (χ0n) is 22.9. The predicted molar refractivity (Wildman–Crippen MR) is 156 cm³/mol. The number of nitrogens with zero attached hydrogens (tertiary/aromatic N) is 6. The van der Waals surface area contributed by atoms with Crippen molar-refractivity contribution >= 4 is 34.4 Å². The molecule has 1 aliphatic rings. The topological polar surface area (TPSA) is 84.2 Å². The Bertz CT molecular complexity index is 1700. The van der Waals surface area contributed by atoms with Crippen molar-refractivity contribution < 1.29 is 9.18 Å². The molecule has 0 spiro atoms. The van der Waals surface area contributed by atoms with Crippen LogP contribution >= 0.6 is 11.6 Å². The Morgan fingerprint density at radius 3 is 2.62 bits per heavy atom. The van der Waals surface area contributed by atoms with Crippen LogP contribution in [0.4, 0.5) is 10.2 Å². The van der Waals surface area contributed by atoms with Gasteiger partial charge in [-0.1, -0.05) is 44.2 Å². The van der Waals surface area contributed by atoms with E-state index in [9.17, 15) is 14.0 Å². The zero-order valence-corrected chi connectivity index (χ0v) is 23.6. The van der Waals surface area contributed by atoms with Crippen molar-refractivity contribution in [2.75, 3.05) is 24.5 Å². The highest BCUT2D eigenvalue weighted by Crippen LogP contribution is 2.35. The number of carbonyl (C=O) groups is 1. The zero-order chi connectivity index (χ0) is 28.7.